The van der Waals surface area contributed by atoms with Crippen molar-refractivity contribution < 1.29 is 17.9 Å². The number of hydrogen-bond acceptors (Lipinski definition) is 2. The van der Waals surface area contributed by atoms with Crippen LogP contribution in [0.3, 0.4) is 0 Å². The second-order valence-electron chi connectivity index (χ2n) is 7.54. The Kier molecular flexibility index (Phi) is 7.57. The van der Waals surface area contributed by atoms with Gasteiger partial charge in [0.2, 0.25) is 5.95 Å². The van der Waals surface area contributed by atoms with Crippen LogP contribution in [-0.4, -0.2) is 11.6 Å². The zero-order valence-electron chi connectivity index (χ0n) is 16.7. The van der Waals surface area contributed by atoms with Gasteiger partial charge in [0.15, 0.2) is 5.82 Å². The molecule has 0 aliphatic heterocycles. The fourth-order valence-electron chi connectivity index (χ4n) is 3.66. The van der Waals surface area contributed by atoms with E-state index in [0.717, 1.165) is 50.5 Å². The van der Waals surface area contributed by atoms with Crippen molar-refractivity contribution in [2.24, 2.45) is 5.92 Å². The molecule has 1 aliphatic carbocycles. The van der Waals surface area contributed by atoms with Crippen LogP contribution in [0.25, 0.3) is 0 Å². The third-order valence-corrected chi connectivity index (χ3v) is 5.39. The average Bonchev–Trinajstić information content (AvgIpc) is 2.74. The van der Waals surface area contributed by atoms with Gasteiger partial charge in [-0.2, -0.15) is 13.8 Å². The Morgan fingerprint density at radius 3 is 2.41 bits per heavy atom. The second kappa shape index (κ2) is 10.3. The Morgan fingerprint density at radius 1 is 1.00 bits per heavy atom. The van der Waals surface area contributed by atoms with Gasteiger partial charge in [-0.3, -0.25) is 0 Å². The summed E-state index contributed by atoms with van der Waals surface area (Å²) in [7, 11) is 0. The van der Waals surface area contributed by atoms with Crippen molar-refractivity contribution in [3.8, 4) is 17.6 Å². The number of ether oxygens (including phenoxy) is 1. The van der Waals surface area contributed by atoms with E-state index in [0.29, 0.717) is 5.92 Å². The Bertz CT molecular complexity index is 862. The highest BCUT2D eigenvalue weighted by molar-refractivity contribution is 5.34. The lowest BCUT2D eigenvalue weighted by Gasteiger charge is -2.26. The number of benzene rings is 1. The summed E-state index contributed by atoms with van der Waals surface area (Å²) in [5.41, 5.74) is 1.11. The van der Waals surface area contributed by atoms with E-state index in [1.807, 2.05) is 12.1 Å². The molecule has 3 rings (SSSR count). The van der Waals surface area contributed by atoms with E-state index in [1.54, 1.807) is 0 Å². The van der Waals surface area contributed by atoms with E-state index in [9.17, 15) is 13.2 Å². The largest absolute Gasteiger partial charge is 0.494 e. The molecule has 0 spiro atoms. The minimum atomic E-state index is -1.44. The highest BCUT2D eigenvalue weighted by Crippen LogP contribution is 2.36. The molecule has 2 nitrogen and oxygen atoms in total. The summed E-state index contributed by atoms with van der Waals surface area (Å²) in [6.45, 7) is 2.93. The SMILES string of the molecule is CCCCCOc1ccc(C2CCC(C#Cc3cc(F)c(F)nc3F)CC2)cc1. The first-order chi connectivity index (χ1) is 14.1. The van der Waals surface area contributed by atoms with Gasteiger partial charge in [-0.25, -0.2) is 4.39 Å². The van der Waals surface area contributed by atoms with Gasteiger partial charge in [0, 0.05) is 5.92 Å². The Balaban J connectivity index is 1.51. The molecule has 1 fully saturated rings. The monoisotopic (exact) mass is 401 g/mol. The smallest absolute Gasteiger partial charge is 0.251 e. The molecule has 0 bridgehead atoms. The predicted octanol–water partition coefficient (Wildman–Crippen LogP) is 6.39. The molecule has 0 radical (unpaired) electrons. The maximum absolute atomic E-state index is 13.6. The molecule has 0 amide bonds. The highest BCUT2D eigenvalue weighted by Gasteiger charge is 2.21. The minimum absolute atomic E-state index is 0.125. The number of halogens is 3. The van der Waals surface area contributed by atoms with Crippen molar-refractivity contribution in [1.29, 1.82) is 0 Å². The topological polar surface area (TPSA) is 22.1 Å². The van der Waals surface area contributed by atoms with E-state index >= 15 is 0 Å². The highest BCUT2D eigenvalue weighted by atomic mass is 19.2. The van der Waals surface area contributed by atoms with Crippen LogP contribution in [0.1, 0.15) is 68.9 Å². The number of nitrogens with zero attached hydrogens (tertiary/aromatic N) is 1. The van der Waals surface area contributed by atoms with Crippen LogP contribution in [-0.2, 0) is 0 Å². The average molecular weight is 401 g/mol. The van der Waals surface area contributed by atoms with Gasteiger partial charge in [0.05, 0.1) is 12.2 Å². The number of rotatable bonds is 6. The molecule has 0 atom stereocenters. The van der Waals surface area contributed by atoms with Gasteiger partial charge in [-0.1, -0.05) is 43.7 Å². The lowest BCUT2D eigenvalue weighted by molar-refractivity contribution is 0.306. The molecule has 1 aromatic carbocycles. The van der Waals surface area contributed by atoms with Crippen molar-refractivity contribution in [3.63, 3.8) is 0 Å². The van der Waals surface area contributed by atoms with Crippen molar-refractivity contribution in [2.45, 2.75) is 57.8 Å². The van der Waals surface area contributed by atoms with Crippen LogP contribution in [0.4, 0.5) is 13.2 Å². The third-order valence-electron chi connectivity index (χ3n) is 5.39. The first-order valence-electron chi connectivity index (χ1n) is 10.3. The lowest BCUT2D eigenvalue weighted by Crippen LogP contribution is -2.12. The summed E-state index contributed by atoms with van der Waals surface area (Å²) in [4.78, 5) is 2.90. The third kappa shape index (κ3) is 6.00. The molecule has 0 N–H and O–H groups in total. The zero-order chi connectivity index (χ0) is 20.6. The van der Waals surface area contributed by atoms with Crippen molar-refractivity contribution in [2.75, 3.05) is 6.61 Å². The maximum Gasteiger partial charge on any atom is 0.251 e. The van der Waals surface area contributed by atoms with Crippen LogP contribution in [0, 0.1) is 35.5 Å². The number of pyridine rings is 1. The molecule has 0 saturated heterocycles. The number of hydrogen-bond donors (Lipinski definition) is 0. The second-order valence-corrected chi connectivity index (χ2v) is 7.54. The molecule has 1 saturated carbocycles. The summed E-state index contributed by atoms with van der Waals surface area (Å²) >= 11 is 0. The first kappa shape index (κ1) is 21.2. The molecular weight excluding hydrogens is 375 g/mol. The Hall–Kier alpha value is -2.48. The summed E-state index contributed by atoms with van der Waals surface area (Å²) < 4.78 is 45.5. The standard InChI is InChI=1S/C24H26F3NO/c1-2-3-4-15-29-21-13-11-19(12-14-21)18-8-5-17(6-9-18)7-10-20-16-22(25)24(27)28-23(20)26/h11-14,16-18H,2-6,8-9,15H2,1H3. The van der Waals surface area contributed by atoms with Gasteiger partial charge in [0.25, 0.3) is 5.95 Å². The fourth-order valence-corrected chi connectivity index (χ4v) is 3.66. The molecule has 0 unspecified atom stereocenters. The van der Waals surface area contributed by atoms with Gasteiger partial charge in [-0.05, 0) is 61.8 Å². The molecule has 5 heteroatoms. The summed E-state index contributed by atoms with van der Waals surface area (Å²) in [6, 6.07) is 9.10. The Morgan fingerprint density at radius 2 is 1.72 bits per heavy atom. The van der Waals surface area contributed by atoms with Crippen molar-refractivity contribution in [1.82, 2.24) is 4.98 Å². The van der Waals surface area contributed by atoms with E-state index < -0.39 is 17.7 Å². The normalized spacial score (nSPS) is 18.8. The number of unbranched alkanes of at least 4 members (excludes halogenated alkanes) is 2. The van der Waals surface area contributed by atoms with Crippen LogP contribution in [0.2, 0.25) is 0 Å². The number of aromatic nitrogens is 1. The Labute approximate surface area is 170 Å². The molecule has 29 heavy (non-hydrogen) atoms. The van der Waals surface area contributed by atoms with Crippen LogP contribution >= 0.6 is 0 Å². The molecule has 1 aromatic heterocycles. The van der Waals surface area contributed by atoms with Crippen molar-refractivity contribution in [3.05, 3.63) is 59.2 Å². The summed E-state index contributed by atoms with van der Waals surface area (Å²) in [6.07, 6.45) is 7.22. The van der Waals surface area contributed by atoms with Gasteiger partial charge < -0.3 is 4.74 Å². The lowest BCUT2D eigenvalue weighted by atomic mass is 9.79. The predicted molar refractivity (Wildman–Crippen MR) is 107 cm³/mol. The summed E-state index contributed by atoms with van der Waals surface area (Å²) in [5.74, 6) is 3.45. The van der Waals surface area contributed by atoms with E-state index in [-0.39, 0.29) is 11.5 Å². The van der Waals surface area contributed by atoms with Crippen LogP contribution < -0.4 is 4.74 Å². The molecule has 154 valence electrons. The zero-order valence-corrected chi connectivity index (χ0v) is 16.7. The summed E-state index contributed by atoms with van der Waals surface area (Å²) in [5, 5.41) is 0. The van der Waals surface area contributed by atoms with Gasteiger partial charge in [0.1, 0.15) is 5.75 Å². The van der Waals surface area contributed by atoms with E-state index in [4.69, 9.17) is 4.74 Å². The van der Waals surface area contributed by atoms with Crippen LogP contribution in [0.5, 0.6) is 5.75 Å². The molecular formula is C24H26F3NO. The molecule has 1 aliphatic rings. The molecule has 2 aromatic rings. The van der Waals surface area contributed by atoms with E-state index in [1.165, 1.54) is 18.4 Å². The van der Waals surface area contributed by atoms with Crippen LogP contribution in [0.15, 0.2) is 30.3 Å². The quantitative estimate of drug-likeness (QED) is 0.318. The fraction of sp³-hybridized carbons (Fsp3) is 0.458. The minimum Gasteiger partial charge on any atom is -0.494 e. The van der Waals surface area contributed by atoms with Crippen molar-refractivity contribution >= 4 is 0 Å². The molecule has 1 heterocycles. The maximum atomic E-state index is 13.6. The van der Waals surface area contributed by atoms with E-state index in [2.05, 4.69) is 35.9 Å². The van der Waals surface area contributed by atoms with Gasteiger partial charge >= 0.3 is 0 Å². The van der Waals surface area contributed by atoms with Gasteiger partial charge in [-0.15, -0.1) is 0 Å². The first-order valence-corrected chi connectivity index (χ1v) is 10.3.